The Kier molecular flexibility index (Phi) is 2.92. The first-order valence-corrected chi connectivity index (χ1v) is 5.12. The number of hydrogen-bond acceptors (Lipinski definition) is 0. The predicted molar refractivity (Wildman–Crippen MR) is 62.6 cm³/mol. The molecule has 16 heavy (non-hydrogen) atoms. The Morgan fingerprint density at radius 1 is 0.812 bits per heavy atom. The van der Waals surface area contributed by atoms with Crippen LogP contribution in [0.3, 0.4) is 0 Å². The third kappa shape index (κ3) is 1.59. The maximum Gasteiger partial charge on any atom is 0.212 e. The van der Waals surface area contributed by atoms with Crippen LogP contribution in [0, 0.1) is 0 Å². The van der Waals surface area contributed by atoms with Crippen molar-refractivity contribution in [3.63, 3.8) is 0 Å². The highest BCUT2D eigenvalue weighted by molar-refractivity contribution is 6.04. The molecule has 0 atom stereocenters. The first kappa shape index (κ1) is 11.1. The van der Waals surface area contributed by atoms with E-state index in [-0.39, 0.29) is 17.0 Å². The zero-order valence-electron chi connectivity index (χ0n) is 9.02. The fourth-order valence-electron chi connectivity index (χ4n) is 2.12. The van der Waals surface area contributed by atoms with Crippen molar-refractivity contribution in [3.8, 4) is 0 Å². The summed E-state index contributed by atoms with van der Waals surface area (Å²) in [5.41, 5.74) is 1.27. The monoisotopic (exact) mass is 273 g/mol. The van der Waals surface area contributed by atoms with Gasteiger partial charge in [-0.2, -0.15) is 0 Å². The lowest BCUT2D eigenvalue weighted by Gasteiger charge is -2.01. The van der Waals surface area contributed by atoms with Crippen molar-refractivity contribution < 1.29 is 21.5 Å². The second kappa shape index (κ2) is 4.22. The molecule has 0 aliphatic rings. The van der Waals surface area contributed by atoms with Gasteiger partial charge in [0.25, 0.3) is 0 Å². The van der Waals surface area contributed by atoms with Crippen LogP contribution < -0.4 is 21.5 Å². The van der Waals surface area contributed by atoms with Gasteiger partial charge < -0.3 is 17.0 Å². The van der Waals surface area contributed by atoms with E-state index >= 15 is 0 Å². The van der Waals surface area contributed by atoms with Gasteiger partial charge in [-0.1, -0.05) is 24.3 Å². The van der Waals surface area contributed by atoms with Gasteiger partial charge in [-0.15, -0.1) is 0 Å². The Balaban J connectivity index is 0.000000963. The van der Waals surface area contributed by atoms with E-state index < -0.39 is 0 Å². The first-order valence-electron chi connectivity index (χ1n) is 5.12. The van der Waals surface area contributed by atoms with Crippen LogP contribution in [0.2, 0.25) is 0 Å². The van der Waals surface area contributed by atoms with Crippen LogP contribution in [0.25, 0.3) is 21.7 Å². The van der Waals surface area contributed by atoms with Crippen LogP contribution in [-0.2, 0) is 7.05 Å². The third-order valence-electron chi connectivity index (χ3n) is 2.90. The molecule has 0 fully saturated rings. The fraction of sp³-hybridized carbons (Fsp3) is 0.0714. The summed E-state index contributed by atoms with van der Waals surface area (Å²) in [6.07, 6.45) is 2.08. The molecule has 2 heteroatoms. The molecule has 1 heterocycles. The van der Waals surface area contributed by atoms with E-state index in [0.717, 1.165) is 0 Å². The molecule has 0 bridgehead atoms. The number of aromatic nitrogens is 1. The van der Waals surface area contributed by atoms with Crippen LogP contribution in [0.4, 0.5) is 0 Å². The lowest BCUT2D eigenvalue weighted by atomic mass is 10.1. The number of hydrogen-bond donors (Lipinski definition) is 0. The number of halogens is 1. The number of benzene rings is 2. The molecular formula is C14H12BrN. The summed E-state index contributed by atoms with van der Waals surface area (Å²) in [6, 6.07) is 17.1. The topological polar surface area (TPSA) is 3.88 Å². The van der Waals surface area contributed by atoms with Crippen LogP contribution in [0.5, 0.6) is 0 Å². The van der Waals surface area contributed by atoms with Gasteiger partial charge >= 0.3 is 0 Å². The summed E-state index contributed by atoms with van der Waals surface area (Å²) >= 11 is 0. The maximum atomic E-state index is 2.18. The van der Waals surface area contributed by atoms with Gasteiger partial charge in [0, 0.05) is 12.1 Å². The van der Waals surface area contributed by atoms with Crippen molar-refractivity contribution in [2.24, 2.45) is 7.05 Å². The lowest BCUT2D eigenvalue weighted by molar-refractivity contribution is -0.644. The summed E-state index contributed by atoms with van der Waals surface area (Å²) in [4.78, 5) is 0. The average Bonchev–Trinajstić information content (AvgIpc) is 2.29. The van der Waals surface area contributed by atoms with Gasteiger partial charge in [0.2, 0.25) is 5.52 Å². The molecule has 0 spiro atoms. The van der Waals surface area contributed by atoms with Crippen molar-refractivity contribution in [1.29, 1.82) is 0 Å². The van der Waals surface area contributed by atoms with Crippen molar-refractivity contribution in [1.82, 2.24) is 0 Å². The molecular weight excluding hydrogens is 262 g/mol. The molecule has 2 aromatic carbocycles. The quantitative estimate of drug-likeness (QED) is 0.395. The molecule has 80 valence electrons. The van der Waals surface area contributed by atoms with Gasteiger partial charge in [0.05, 0.1) is 5.39 Å². The first-order chi connectivity index (χ1) is 7.36. The largest absolute Gasteiger partial charge is 1.00 e. The molecule has 0 aliphatic carbocycles. The normalized spacial score (nSPS) is 10.3. The van der Waals surface area contributed by atoms with Gasteiger partial charge in [-0.05, 0) is 22.9 Å². The zero-order chi connectivity index (χ0) is 10.3. The van der Waals surface area contributed by atoms with E-state index in [2.05, 4.69) is 66.3 Å². The molecule has 3 rings (SSSR count). The fourth-order valence-corrected chi connectivity index (χ4v) is 2.12. The Hall–Kier alpha value is -1.41. The van der Waals surface area contributed by atoms with E-state index in [1.54, 1.807) is 0 Å². The van der Waals surface area contributed by atoms with Crippen LogP contribution in [0.15, 0.2) is 54.7 Å². The second-order valence-corrected chi connectivity index (χ2v) is 3.84. The molecule has 0 aliphatic heterocycles. The number of aryl methyl sites for hydroxylation is 1. The molecule has 1 nitrogen and oxygen atoms in total. The summed E-state index contributed by atoms with van der Waals surface area (Å²) in [5.74, 6) is 0. The highest BCUT2D eigenvalue weighted by Gasteiger charge is 2.06. The number of nitrogens with zero attached hydrogens (tertiary/aromatic N) is 1. The molecule has 0 N–H and O–H groups in total. The number of rotatable bonds is 0. The van der Waals surface area contributed by atoms with Crippen LogP contribution in [0.1, 0.15) is 0 Å². The highest BCUT2D eigenvalue weighted by Crippen LogP contribution is 2.22. The lowest BCUT2D eigenvalue weighted by Crippen LogP contribution is -3.00. The minimum Gasteiger partial charge on any atom is -1.00 e. The number of pyridine rings is 1. The smallest absolute Gasteiger partial charge is 0.212 e. The molecule has 0 radical (unpaired) electrons. The van der Waals surface area contributed by atoms with Crippen molar-refractivity contribution in [2.45, 2.75) is 0 Å². The minimum atomic E-state index is 0. The van der Waals surface area contributed by atoms with E-state index in [4.69, 9.17) is 0 Å². The van der Waals surface area contributed by atoms with E-state index in [1.807, 2.05) is 0 Å². The van der Waals surface area contributed by atoms with Gasteiger partial charge in [0.15, 0.2) is 6.20 Å². The van der Waals surface area contributed by atoms with Crippen LogP contribution >= 0.6 is 0 Å². The zero-order valence-corrected chi connectivity index (χ0v) is 10.6. The molecule has 1 aromatic heterocycles. The summed E-state index contributed by atoms with van der Waals surface area (Å²) in [7, 11) is 2.08. The van der Waals surface area contributed by atoms with Crippen molar-refractivity contribution in [2.75, 3.05) is 0 Å². The van der Waals surface area contributed by atoms with E-state index in [9.17, 15) is 0 Å². The van der Waals surface area contributed by atoms with Gasteiger partial charge in [-0.3, -0.25) is 0 Å². The summed E-state index contributed by atoms with van der Waals surface area (Å²) in [6.45, 7) is 0. The molecule has 0 saturated carbocycles. The molecule has 0 saturated heterocycles. The second-order valence-electron chi connectivity index (χ2n) is 3.84. The third-order valence-corrected chi connectivity index (χ3v) is 2.90. The Labute approximate surface area is 105 Å². The predicted octanol–water partition coefficient (Wildman–Crippen LogP) is -0.179. The van der Waals surface area contributed by atoms with Gasteiger partial charge in [0.1, 0.15) is 7.05 Å². The van der Waals surface area contributed by atoms with Gasteiger partial charge in [-0.25, -0.2) is 4.57 Å². The standard InChI is InChI=1S/C14H12N.BrH/c1-15-10-4-7-13-12-6-3-2-5-11(12)8-9-14(13)15;/h2-10H,1H3;1H/q+1;/p-1. The maximum absolute atomic E-state index is 2.18. The SMILES string of the molecule is C[n+]1cccc2c3ccccc3ccc21.[Br-]. The summed E-state index contributed by atoms with van der Waals surface area (Å²) in [5, 5.41) is 3.94. The minimum absolute atomic E-state index is 0. The van der Waals surface area contributed by atoms with Crippen LogP contribution in [-0.4, -0.2) is 0 Å². The average molecular weight is 274 g/mol. The molecule has 0 amide bonds. The van der Waals surface area contributed by atoms with E-state index in [0.29, 0.717) is 0 Å². The van der Waals surface area contributed by atoms with E-state index in [1.165, 1.54) is 21.7 Å². The Bertz CT molecular complexity index is 646. The molecule has 3 aromatic rings. The Morgan fingerprint density at radius 3 is 2.44 bits per heavy atom. The highest BCUT2D eigenvalue weighted by atomic mass is 79.9. The van der Waals surface area contributed by atoms with Crippen molar-refractivity contribution >= 4 is 21.7 Å². The Morgan fingerprint density at radius 2 is 1.56 bits per heavy atom. The summed E-state index contributed by atoms with van der Waals surface area (Å²) < 4.78 is 2.15. The van der Waals surface area contributed by atoms with Crippen molar-refractivity contribution in [3.05, 3.63) is 54.7 Å². The number of fused-ring (bicyclic) bond motifs is 3. The molecule has 0 unspecified atom stereocenters.